The average Bonchev–Trinajstić information content (AvgIpc) is 3.65. The minimum Gasteiger partial charge on any atom is -0.490 e. The standard InChI is InChI=1S/C22H30FN3O5S/c1-15-20(27)24-21(28)26(15)11-3-2-4-12-32(29,30)25-22(9-10-22)17-7-8-18(23)19(13-17)31-14-16-5-6-16/h7-8,13,15-16,25H,2-6,9-12,14H2,1H3,(H,24,27,28)/t15-/m0/s1. The Hall–Kier alpha value is -2.20. The molecular weight excluding hydrogens is 437 g/mol. The van der Waals surface area contributed by atoms with Crippen molar-refractivity contribution in [3.8, 4) is 5.75 Å². The van der Waals surface area contributed by atoms with Gasteiger partial charge in [-0.3, -0.25) is 10.1 Å². The molecule has 4 rings (SSSR count). The molecule has 2 saturated carbocycles. The zero-order chi connectivity index (χ0) is 22.9. The average molecular weight is 468 g/mol. The molecule has 3 amide bonds. The van der Waals surface area contributed by atoms with Crippen LogP contribution in [0.4, 0.5) is 9.18 Å². The minimum absolute atomic E-state index is 0.0261. The molecule has 0 radical (unpaired) electrons. The molecule has 8 nitrogen and oxygen atoms in total. The molecule has 1 aliphatic heterocycles. The zero-order valence-electron chi connectivity index (χ0n) is 18.2. The summed E-state index contributed by atoms with van der Waals surface area (Å²) in [5.74, 6) is -0.0931. The number of hydrogen-bond donors (Lipinski definition) is 2. The minimum atomic E-state index is -3.52. The molecule has 0 aromatic heterocycles. The fourth-order valence-electron chi connectivity index (χ4n) is 3.97. The highest BCUT2D eigenvalue weighted by molar-refractivity contribution is 7.89. The molecule has 1 aromatic carbocycles. The van der Waals surface area contributed by atoms with Gasteiger partial charge in [-0.1, -0.05) is 12.5 Å². The number of nitrogens with zero attached hydrogens (tertiary/aromatic N) is 1. The first kappa shape index (κ1) is 23.0. The molecule has 176 valence electrons. The van der Waals surface area contributed by atoms with Crippen LogP contribution in [0, 0.1) is 11.7 Å². The topological polar surface area (TPSA) is 105 Å². The largest absolute Gasteiger partial charge is 0.490 e. The second kappa shape index (κ2) is 8.97. The summed E-state index contributed by atoms with van der Waals surface area (Å²) >= 11 is 0. The molecule has 2 N–H and O–H groups in total. The smallest absolute Gasteiger partial charge is 0.324 e. The van der Waals surface area contributed by atoms with Crippen molar-refractivity contribution in [2.24, 2.45) is 5.92 Å². The number of hydrogen-bond acceptors (Lipinski definition) is 5. The monoisotopic (exact) mass is 467 g/mol. The van der Waals surface area contributed by atoms with Gasteiger partial charge in [0.2, 0.25) is 10.0 Å². The van der Waals surface area contributed by atoms with E-state index in [-0.39, 0.29) is 17.4 Å². The van der Waals surface area contributed by atoms with Gasteiger partial charge >= 0.3 is 6.03 Å². The summed E-state index contributed by atoms with van der Waals surface area (Å²) in [6, 6.07) is 3.70. The number of ether oxygens (including phenoxy) is 1. The van der Waals surface area contributed by atoms with Gasteiger partial charge in [0.05, 0.1) is 17.9 Å². The summed E-state index contributed by atoms with van der Waals surface area (Å²) in [5.41, 5.74) is 0.0418. The number of carbonyl (C=O) groups is 2. The van der Waals surface area contributed by atoms with Gasteiger partial charge in [-0.25, -0.2) is 22.3 Å². The Morgan fingerprint density at radius 2 is 1.97 bits per heavy atom. The highest BCUT2D eigenvalue weighted by atomic mass is 32.2. The number of carbonyl (C=O) groups excluding carboxylic acids is 2. The van der Waals surface area contributed by atoms with Crippen molar-refractivity contribution in [3.63, 3.8) is 0 Å². The van der Waals surface area contributed by atoms with Crippen LogP contribution >= 0.6 is 0 Å². The summed E-state index contributed by atoms with van der Waals surface area (Å²) < 4.78 is 47.8. The Morgan fingerprint density at radius 3 is 2.59 bits per heavy atom. The Morgan fingerprint density at radius 1 is 1.22 bits per heavy atom. The number of benzene rings is 1. The van der Waals surface area contributed by atoms with Crippen molar-refractivity contribution in [1.82, 2.24) is 14.9 Å². The maximum Gasteiger partial charge on any atom is 0.324 e. The number of imide groups is 1. The van der Waals surface area contributed by atoms with Crippen LogP contribution in [0.2, 0.25) is 0 Å². The Kier molecular flexibility index (Phi) is 6.44. The van der Waals surface area contributed by atoms with Crippen LogP contribution in [0.15, 0.2) is 18.2 Å². The number of halogens is 1. The number of unbranched alkanes of at least 4 members (excludes halogenated alkanes) is 2. The van der Waals surface area contributed by atoms with E-state index in [0.29, 0.717) is 51.2 Å². The Bertz CT molecular complexity index is 991. The maximum absolute atomic E-state index is 14.1. The van der Waals surface area contributed by atoms with Gasteiger partial charge in [0.15, 0.2) is 11.6 Å². The normalized spacial score (nSPS) is 22.2. The van der Waals surface area contributed by atoms with Crippen molar-refractivity contribution < 1.29 is 27.1 Å². The number of sulfonamides is 1. The number of nitrogens with one attached hydrogen (secondary N) is 2. The maximum atomic E-state index is 14.1. The quantitative estimate of drug-likeness (QED) is 0.363. The summed E-state index contributed by atoms with van der Waals surface area (Å²) in [4.78, 5) is 24.6. The van der Waals surface area contributed by atoms with E-state index < -0.39 is 33.5 Å². The summed E-state index contributed by atoms with van der Waals surface area (Å²) in [6.07, 6.45) is 5.22. The van der Waals surface area contributed by atoms with E-state index in [4.69, 9.17) is 4.74 Å². The van der Waals surface area contributed by atoms with Crippen LogP contribution in [0.5, 0.6) is 5.75 Å². The van der Waals surface area contributed by atoms with E-state index >= 15 is 0 Å². The third kappa shape index (κ3) is 5.40. The van der Waals surface area contributed by atoms with E-state index in [1.54, 1.807) is 19.1 Å². The van der Waals surface area contributed by atoms with E-state index in [2.05, 4.69) is 10.0 Å². The molecule has 1 aromatic rings. The SMILES string of the molecule is C[C@H]1C(=O)NC(=O)N1CCCCCS(=O)(=O)NC1(c2ccc(F)c(OCC3CC3)c2)CC1. The lowest BCUT2D eigenvalue weighted by atomic mass is 10.1. The van der Waals surface area contributed by atoms with Gasteiger partial charge in [0.1, 0.15) is 6.04 Å². The summed E-state index contributed by atoms with van der Waals surface area (Å²) in [5, 5.41) is 2.26. The third-order valence-corrected chi connectivity index (χ3v) is 7.93. The predicted octanol–water partition coefficient (Wildman–Crippen LogP) is 2.63. The molecule has 3 fully saturated rings. The fourth-order valence-corrected chi connectivity index (χ4v) is 5.58. The third-order valence-electron chi connectivity index (χ3n) is 6.41. The van der Waals surface area contributed by atoms with Gasteiger partial charge in [0.25, 0.3) is 5.91 Å². The van der Waals surface area contributed by atoms with E-state index in [0.717, 1.165) is 18.4 Å². The predicted molar refractivity (Wildman–Crippen MR) is 116 cm³/mol. The van der Waals surface area contributed by atoms with Crippen molar-refractivity contribution in [1.29, 1.82) is 0 Å². The number of urea groups is 1. The molecule has 1 saturated heterocycles. The zero-order valence-corrected chi connectivity index (χ0v) is 19.0. The van der Waals surface area contributed by atoms with E-state index in [1.807, 2.05) is 0 Å². The van der Waals surface area contributed by atoms with Crippen molar-refractivity contribution >= 4 is 22.0 Å². The van der Waals surface area contributed by atoms with Crippen LogP contribution in [-0.2, 0) is 20.4 Å². The lowest BCUT2D eigenvalue weighted by Crippen LogP contribution is -2.36. The lowest BCUT2D eigenvalue weighted by Gasteiger charge is -2.20. The van der Waals surface area contributed by atoms with E-state index in [9.17, 15) is 22.4 Å². The summed E-state index contributed by atoms with van der Waals surface area (Å²) in [6.45, 7) is 2.57. The summed E-state index contributed by atoms with van der Waals surface area (Å²) in [7, 11) is -3.52. The molecule has 3 aliphatic rings. The van der Waals surface area contributed by atoms with Crippen LogP contribution in [0.3, 0.4) is 0 Å². The van der Waals surface area contributed by atoms with Crippen LogP contribution in [0.1, 0.15) is 57.4 Å². The first-order valence-corrected chi connectivity index (χ1v) is 12.9. The molecular formula is C22H30FN3O5S. The van der Waals surface area contributed by atoms with Gasteiger partial charge in [0, 0.05) is 6.54 Å². The first-order chi connectivity index (χ1) is 15.2. The highest BCUT2D eigenvalue weighted by Gasteiger charge is 2.47. The first-order valence-electron chi connectivity index (χ1n) is 11.3. The van der Waals surface area contributed by atoms with Gasteiger partial charge in [-0.05, 0) is 69.1 Å². The van der Waals surface area contributed by atoms with Crippen molar-refractivity contribution in [3.05, 3.63) is 29.6 Å². The molecule has 2 aliphatic carbocycles. The van der Waals surface area contributed by atoms with Crippen LogP contribution in [-0.4, -0.2) is 50.2 Å². The second-order valence-electron chi connectivity index (χ2n) is 9.13. The van der Waals surface area contributed by atoms with Gasteiger partial charge < -0.3 is 9.64 Å². The lowest BCUT2D eigenvalue weighted by molar-refractivity contribution is -0.121. The van der Waals surface area contributed by atoms with Crippen LogP contribution < -0.4 is 14.8 Å². The molecule has 0 spiro atoms. The van der Waals surface area contributed by atoms with Crippen molar-refractivity contribution in [2.45, 2.75) is 63.5 Å². The van der Waals surface area contributed by atoms with Gasteiger partial charge in [-0.2, -0.15) is 0 Å². The molecule has 0 bridgehead atoms. The fraction of sp³-hybridized carbons (Fsp3) is 0.636. The molecule has 10 heteroatoms. The Balaban J connectivity index is 1.26. The molecule has 0 unspecified atom stereocenters. The highest BCUT2D eigenvalue weighted by Crippen LogP contribution is 2.47. The van der Waals surface area contributed by atoms with Gasteiger partial charge in [-0.15, -0.1) is 0 Å². The van der Waals surface area contributed by atoms with Crippen molar-refractivity contribution in [2.75, 3.05) is 18.9 Å². The molecule has 1 heterocycles. The van der Waals surface area contributed by atoms with E-state index in [1.165, 1.54) is 11.0 Å². The number of rotatable bonds is 12. The Labute approximate surface area is 187 Å². The van der Waals surface area contributed by atoms with Crippen LogP contribution in [0.25, 0.3) is 0 Å². The molecule has 1 atom stereocenters. The second-order valence-corrected chi connectivity index (χ2v) is 11.0. The number of amides is 3. The molecule has 32 heavy (non-hydrogen) atoms.